The lowest BCUT2D eigenvalue weighted by molar-refractivity contribution is -0.122. The molecular weight excluding hydrogens is 276 g/mol. The van der Waals surface area contributed by atoms with Crippen molar-refractivity contribution < 1.29 is 14.3 Å². The lowest BCUT2D eigenvalue weighted by Gasteiger charge is -2.15. The first-order chi connectivity index (χ1) is 9.65. The van der Waals surface area contributed by atoms with Gasteiger partial charge in [0.15, 0.2) is 0 Å². The minimum Gasteiger partial charge on any atom is -0.496 e. The number of hydrogen-bond acceptors (Lipinski definition) is 5. The third-order valence-corrected chi connectivity index (χ3v) is 4.22. The molecule has 0 saturated carbocycles. The highest BCUT2D eigenvalue weighted by molar-refractivity contribution is 7.99. The zero-order valence-corrected chi connectivity index (χ0v) is 12.8. The maximum Gasteiger partial charge on any atom is 0.238 e. The molecule has 2 N–H and O–H groups in total. The van der Waals surface area contributed by atoms with Crippen LogP contribution < -0.4 is 20.1 Å². The van der Waals surface area contributed by atoms with Crippen LogP contribution in [0.4, 0.5) is 0 Å². The van der Waals surface area contributed by atoms with Gasteiger partial charge >= 0.3 is 0 Å². The third kappa shape index (κ3) is 3.37. The van der Waals surface area contributed by atoms with Gasteiger partial charge in [-0.1, -0.05) is 0 Å². The van der Waals surface area contributed by atoms with E-state index in [4.69, 9.17) is 9.47 Å². The van der Waals surface area contributed by atoms with Crippen LogP contribution in [0.1, 0.15) is 11.1 Å². The second-order valence-corrected chi connectivity index (χ2v) is 5.65. The number of carbonyl (C=O) groups is 1. The van der Waals surface area contributed by atoms with Gasteiger partial charge in [-0.15, -0.1) is 11.8 Å². The molecule has 1 atom stereocenters. The second-order valence-electron chi connectivity index (χ2n) is 4.62. The molecule has 0 aliphatic carbocycles. The second kappa shape index (κ2) is 6.85. The van der Waals surface area contributed by atoms with Crippen molar-refractivity contribution in [1.82, 2.24) is 10.6 Å². The zero-order valence-electron chi connectivity index (χ0n) is 12.0. The zero-order chi connectivity index (χ0) is 14.5. The van der Waals surface area contributed by atoms with Gasteiger partial charge in [0, 0.05) is 23.7 Å². The Morgan fingerprint density at radius 2 is 2.15 bits per heavy atom. The van der Waals surface area contributed by atoms with Gasteiger partial charge < -0.3 is 14.8 Å². The number of carbonyl (C=O) groups excluding carboxylic acids is 1. The van der Waals surface area contributed by atoms with Gasteiger partial charge in [0.1, 0.15) is 11.5 Å². The van der Waals surface area contributed by atoms with Gasteiger partial charge in [0.2, 0.25) is 5.91 Å². The summed E-state index contributed by atoms with van der Waals surface area (Å²) in [6, 6.07) is 3.73. The Labute approximate surface area is 123 Å². The van der Waals surface area contributed by atoms with Gasteiger partial charge in [0.05, 0.1) is 20.3 Å². The van der Waals surface area contributed by atoms with Crippen molar-refractivity contribution in [3.63, 3.8) is 0 Å². The molecule has 0 bridgehead atoms. The molecular formula is C14H20N2O3S. The lowest BCUT2D eigenvalue weighted by atomic mass is 10.1. The highest BCUT2D eigenvalue weighted by Gasteiger charge is 2.22. The number of hydrogen-bond donors (Lipinski definition) is 2. The van der Waals surface area contributed by atoms with Crippen LogP contribution in [0.15, 0.2) is 12.1 Å². The first-order valence-corrected chi connectivity index (χ1v) is 7.61. The van der Waals surface area contributed by atoms with Crippen LogP contribution in [0, 0.1) is 6.92 Å². The molecule has 1 unspecified atom stereocenters. The van der Waals surface area contributed by atoms with Crippen molar-refractivity contribution in [2.45, 2.75) is 19.5 Å². The van der Waals surface area contributed by atoms with Crippen molar-refractivity contribution in [2.75, 3.05) is 25.8 Å². The standard InChI is InChI=1S/C14H20N2O3S/c1-9-4-13(19-3)10(5-12(9)18-2)6-15-14(17)11-7-20-8-16-11/h4-5,11,16H,6-8H2,1-3H3,(H,15,17). The topological polar surface area (TPSA) is 59.6 Å². The number of aryl methyl sites for hydroxylation is 1. The molecule has 1 aliphatic rings. The fraction of sp³-hybridized carbons (Fsp3) is 0.500. The predicted octanol–water partition coefficient (Wildman–Crippen LogP) is 1.29. The minimum absolute atomic E-state index is 0.0246. The van der Waals surface area contributed by atoms with E-state index in [0.29, 0.717) is 6.54 Å². The van der Waals surface area contributed by atoms with E-state index in [0.717, 1.165) is 34.3 Å². The van der Waals surface area contributed by atoms with Crippen LogP contribution in [-0.4, -0.2) is 37.8 Å². The Morgan fingerprint density at radius 3 is 2.75 bits per heavy atom. The summed E-state index contributed by atoms with van der Waals surface area (Å²) in [5.41, 5.74) is 1.92. The summed E-state index contributed by atoms with van der Waals surface area (Å²) >= 11 is 1.73. The molecule has 1 fully saturated rings. The predicted molar refractivity (Wildman–Crippen MR) is 80.4 cm³/mol. The van der Waals surface area contributed by atoms with E-state index in [1.54, 1.807) is 26.0 Å². The summed E-state index contributed by atoms with van der Waals surface area (Å²) in [7, 11) is 3.26. The monoisotopic (exact) mass is 296 g/mol. The van der Waals surface area contributed by atoms with Gasteiger partial charge in [-0.2, -0.15) is 0 Å². The number of benzene rings is 1. The summed E-state index contributed by atoms with van der Waals surface area (Å²) in [5, 5.41) is 6.08. The maximum absolute atomic E-state index is 12.0. The van der Waals surface area contributed by atoms with Crippen LogP contribution in [0.2, 0.25) is 0 Å². The molecule has 0 spiro atoms. The van der Waals surface area contributed by atoms with Gasteiger partial charge in [-0.25, -0.2) is 0 Å². The molecule has 1 amide bonds. The summed E-state index contributed by atoms with van der Waals surface area (Å²) in [5.74, 6) is 3.23. The normalized spacial score (nSPS) is 17.9. The Morgan fingerprint density at radius 1 is 1.40 bits per heavy atom. The van der Waals surface area contributed by atoms with Crippen LogP contribution in [-0.2, 0) is 11.3 Å². The molecule has 1 aromatic rings. The molecule has 1 heterocycles. The Balaban J connectivity index is 2.05. The molecule has 20 heavy (non-hydrogen) atoms. The molecule has 6 heteroatoms. The largest absolute Gasteiger partial charge is 0.496 e. The van der Waals surface area contributed by atoms with Gasteiger partial charge in [-0.3, -0.25) is 10.1 Å². The summed E-state index contributed by atoms with van der Waals surface area (Å²) in [6.07, 6.45) is 0. The first kappa shape index (κ1) is 15.0. The van der Waals surface area contributed by atoms with Crippen LogP contribution in [0.5, 0.6) is 11.5 Å². The fourth-order valence-electron chi connectivity index (χ4n) is 2.12. The number of rotatable bonds is 5. The average Bonchev–Trinajstić information content (AvgIpc) is 2.99. The number of ether oxygens (including phenoxy) is 2. The van der Waals surface area contributed by atoms with Crippen molar-refractivity contribution in [3.8, 4) is 11.5 Å². The molecule has 1 saturated heterocycles. The SMILES string of the molecule is COc1cc(CNC(=O)C2CSCN2)c(OC)cc1C. The van der Waals surface area contributed by atoms with Crippen molar-refractivity contribution in [1.29, 1.82) is 0 Å². The van der Waals surface area contributed by atoms with Crippen LogP contribution in [0.3, 0.4) is 0 Å². The quantitative estimate of drug-likeness (QED) is 0.857. The average molecular weight is 296 g/mol. The minimum atomic E-state index is -0.0988. The fourth-order valence-corrected chi connectivity index (χ4v) is 3.06. The van der Waals surface area contributed by atoms with Crippen LogP contribution in [0.25, 0.3) is 0 Å². The summed E-state index contributed by atoms with van der Waals surface area (Å²) in [6.45, 7) is 2.39. The van der Waals surface area contributed by atoms with E-state index < -0.39 is 0 Å². The number of thioether (sulfide) groups is 1. The molecule has 110 valence electrons. The first-order valence-electron chi connectivity index (χ1n) is 6.46. The highest BCUT2D eigenvalue weighted by atomic mass is 32.2. The highest BCUT2D eigenvalue weighted by Crippen LogP contribution is 2.28. The molecule has 0 aromatic heterocycles. The molecule has 1 aliphatic heterocycles. The molecule has 1 aromatic carbocycles. The number of nitrogens with one attached hydrogen (secondary N) is 2. The van der Waals surface area contributed by atoms with E-state index >= 15 is 0 Å². The molecule has 5 nitrogen and oxygen atoms in total. The van der Waals surface area contributed by atoms with E-state index in [2.05, 4.69) is 10.6 Å². The van der Waals surface area contributed by atoms with Crippen LogP contribution >= 0.6 is 11.8 Å². The van der Waals surface area contributed by atoms with E-state index in [1.165, 1.54) is 0 Å². The summed E-state index contributed by atoms with van der Waals surface area (Å²) < 4.78 is 10.7. The van der Waals surface area contributed by atoms with E-state index in [-0.39, 0.29) is 11.9 Å². The Bertz CT molecular complexity index is 488. The number of methoxy groups -OCH3 is 2. The Kier molecular flexibility index (Phi) is 5.14. The lowest BCUT2D eigenvalue weighted by Crippen LogP contribution is -2.41. The van der Waals surface area contributed by atoms with Gasteiger partial charge in [-0.05, 0) is 24.6 Å². The van der Waals surface area contributed by atoms with E-state index in [9.17, 15) is 4.79 Å². The maximum atomic E-state index is 12.0. The number of amides is 1. The smallest absolute Gasteiger partial charge is 0.238 e. The molecule has 2 rings (SSSR count). The van der Waals surface area contributed by atoms with Crippen molar-refractivity contribution in [3.05, 3.63) is 23.3 Å². The molecule has 0 radical (unpaired) electrons. The van der Waals surface area contributed by atoms with Crippen molar-refractivity contribution in [2.24, 2.45) is 0 Å². The van der Waals surface area contributed by atoms with Gasteiger partial charge in [0.25, 0.3) is 0 Å². The third-order valence-electron chi connectivity index (χ3n) is 3.28. The Hall–Kier alpha value is -1.40. The van der Waals surface area contributed by atoms with E-state index in [1.807, 2.05) is 19.1 Å². The summed E-state index contributed by atoms with van der Waals surface area (Å²) in [4.78, 5) is 12.0. The van der Waals surface area contributed by atoms with Crippen molar-refractivity contribution >= 4 is 17.7 Å².